The third-order valence-corrected chi connectivity index (χ3v) is 5.36. The van der Waals surface area contributed by atoms with E-state index in [1.165, 1.54) is 12.8 Å². The molecule has 2 aliphatic heterocycles. The molecule has 6 nitrogen and oxygen atoms in total. The molecule has 4 rings (SSSR count). The number of amides is 1. The van der Waals surface area contributed by atoms with Crippen molar-refractivity contribution in [2.24, 2.45) is 5.92 Å². The van der Waals surface area contributed by atoms with Crippen LogP contribution in [0.4, 0.5) is 5.82 Å². The van der Waals surface area contributed by atoms with Gasteiger partial charge < -0.3 is 15.0 Å². The number of carbonyl (C=O) groups excluding carboxylic acids is 1. The van der Waals surface area contributed by atoms with Gasteiger partial charge in [0.1, 0.15) is 11.6 Å². The minimum Gasteiger partial charge on any atom is -0.381 e. The molecule has 0 aromatic carbocycles. The van der Waals surface area contributed by atoms with Crippen LogP contribution in [0.1, 0.15) is 50.3 Å². The van der Waals surface area contributed by atoms with Gasteiger partial charge in [-0.2, -0.15) is 0 Å². The molecule has 6 heteroatoms. The van der Waals surface area contributed by atoms with Crippen LogP contribution in [0, 0.1) is 5.92 Å². The zero-order valence-corrected chi connectivity index (χ0v) is 14.1. The highest BCUT2D eigenvalue weighted by Crippen LogP contribution is 2.38. The lowest BCUT2D eigenvalue weighted by Gasteiger charge is -2.33. The predicted octanol–water partition coefficient (Wildman–Crippen LogP) is 1.87. The van der Waals surface area contributed by atoms with Gasteiger partial charge in [0.15, 0.2) is 0 Å². The van der Waals surface area contributed by atoms with Gasteiger partial charge in [-0.1, -0.05) is 0 Å². The zero-order valence-electron chi connectivity index (χ0n) is 14.1. The smallest absolute Gasteiger partial charge is 0.223 e. The van der Waals surface area contributed by atoms with Crippen LogP contribution >= 0.6 is 0 Å². The normalized spacial score (nSPS) is 23.2. The number of piperidine rings is 1. The number of aromatic nitrogens is 2. The van der Waals surface area contributed by atoms with Crippen molar-refractivity contribution in [2.75, 3.05) is 31.2 Å². The van der Waals surface area contributed by atoms with E-state index in [2.05, 4.69) is 15.2 Å². The third-order valence-electron chi connectivity index (χ3n) is 5.36. The molecular weight excluding hydrogens is 304 g/mol. The fourth-order valence-electron chi connectivity index (χ4n) is 3.61. The van der Waals surface area contributed by atoms with Gasteiger partial charge in [-0.15, -0.1) is 0 Å². The maximum Gasteiger partial charge on any atom is 0.223 e. The lowest BCUT2D eigenvalue weighted by molar-refractivity contribution is -0.126. The van der Waals surface area contributed by atoms with Crippen molar-refractivity contribution in [3.63, 3.8) is 0 Å². The lowest BCUT2D eigenvalue weighted by Crippen LogP contribution is -2.45. The highest BCUT2D eigenvalue weighted by molar-refractivity contribution is 5.79. The van der Waals surface area contributed by atoms with Gasteiger partial charge in [0.05, 0.1) is 0 Å². The molecule has 1 saturated carbocycles. The number of carbonyl (C=O) groups is 1. The van der Waals surface area contributed by atoms with E-state index in [0.29, 0.717) is 12.0 Å². The first kappa shape index (κ1) is 15.8. The summed E-state index contributed by atoms with van der Waals surface area (Å²) in [5.74, 6) is 2.95. The molecule has 0 atom stereocenters. The highest BCUT2D eigenvalue weighted by Gasteiger charge is 2.29. The van der Waals surface area contributed by atoms with Crippen LogP contribution in [-0.4, -0.2) is 48.2 Å². The summed E-state index contributed by atoms with van der Waals surface area (Å²) in [5, 5.41) is 3.21. The van der Waals surface area contributed by atoms with E-state index in [0.717, 1.165) is 63.6 Å². The summed E-state index contributed by atoms with van der Waals surface area (Å²) in [6, 6.07) is 2.29. The van der Waals surface area contributed by atoms with Gasteiger partial charge in [-0.25, -0.2) is 9.97 Å². The average molecular weight is 330 g/mol. The van der Waals surface area contributed by atoms with E-state index in [9.17, 15) is 4.79 Å². The average Bonchev–Trinajstić information content (AvgIpc) is 3.48. The second-order valence-corrected chi connectivity index (χ2v) is 7.20. The zero-order chi connectivity index (χ0) is 16.4. The van der Waals surface area contributed by atoms with Crippen LogP contribution in [0.3, 0.4) is 0 Å². The SMILES string of the molecule is O=C(NC1CCOCC1)C1CCN(c2ccnc(C3CC3)n2)CC1. The Bertz CT molecular complexity index is 576. The van der Waals surface area contributed by atoms with Crippen molar-refractivity contribution < 1.29 is 9.53 Å². The van der Waals surface area contributed by atoms with Crippen molar-refractivity contribution in [1.29, 1.82) is 0 Å². The van der Waals surface area contributed by atoms with Gasteiger partial charge in [-0.3, -0.25) is 4.79 Å². The minimum atomic E-state index is 0.133. The number of nitrogens with one attached hydrogen (secondary N) is 1. The maximum atomic E-state index is 12.5. The van der Waals surface area contributed by atoms with Gasteiger partial charge in [0.2, 0.25) is 5.91 Å². The van der Waals surface area contributed by atoms with E-state index in [1.807, 2.05) is 12.3 Å². The molecule has 1 amide bonds. The predicted molar refractivity (Wildman–Crippen MR) is 90.9 cm³/mol. The fourth-order valence-corrected chi connectivity index (χ4v) is 3.61. The number of hydrogen-bond donors (Lipinski definition) is 1. The topological polar surface area (TPSA) is 67.3 Å². The van der Waals surface area contributed by atoms with Crippen LogP contribution in [0.15, 0.2) is 12.3 Å². The van der Waals surface area contributed by atoms with Gasteiger partial charge in [-0.05, 0) is 44.6 Å². The summed E-state index contributed by atoms with van der Waals surface area (Å²) < 4.78 is 5.35. The van der Waals surface area contributed by atoms with Crippen LogP contribution in [-0.2, 0) is 9.53 Å². The first-order valence-corrected chi connectivity index (χ1v) is 9.25. The van der Waals surface area contributed by atoms with Crippen molar-refractivity contribution >= 4 is 11.7 Å². The largest absolute Gasteiger partial charge is 0.381 e. The second kappa shape index (κ2) is 7.05. The molecule has 0 radical (unpaired) electrons. The van der Waals surface area contributed by atoms with Crippen molar-refractivity contribution in [3.8, 4) is 0 Å². The van der Waals surface area contributed by atoms with E-state index in [4.69, 9.17) is 9.72 Å². The summed E-state index contributed by atoms with van der Waals surface area (Å²) in [4.78, 5) is 23.9. The van der Waals surface area contributed by atoms with Gasteiger partial charge >= 0.3 is 0 Å². The molecule has 1 aliphatic carbocycles. The van der Waals surface area contributed by atoms with Crippen molar-refractivity contribution in [2.45, 2.75) is 50.5 Å². The van der Waals surface area contributed by atoms with Gasteiger partial charge in [0, 0.05) is 50.4 Å². The molecule has 130 valence electrons. The van der Waals surface area contributed by atoms with Crippen LogP contribution in [0.2, 0.25) is 0 Å². The van der Waals surface area contributed by atoms with E-state index < -0.39 is 0 Å². The molecule has 3 heterocycles. The Morgan fingerprint density at radius 2 is 1.88 bits per heavy atom. The molecule has 2 saturated heterocycles. The molecule has 1 aromatic rings. The Morgan fingerprint density at radius 1 is 1.12 bits per heavy atom. The van der Waals surface area contributed by atoms with E-state index in [1.54, 1.807) is 0 Å². The minimum absolute atomic E-state index is 0.133. The van der Waals surface area contributed by atoms with Crippen LogP contribution in [0.5, 0.6) is 0 Å². The molecule has 3 aliphatic rings. The van der Waals surface area contributed by atoms with Crippen LogP contribution < -0.4 is 10.2 Å². The quantitative estimate of drug-likeness (QED) is 0.913. The number of hydrogen-bond acceptors (Lipinski definition) is 5. The summed E-state index contributed by atoms with van der Waals surface area (Å²) in [6.45, 7) is 3.32. The molecule has 0 spiro atoms. The summed E-state index contributed by atoms with van der Waals surface area (Å²) >= 11 is 0. The van der Waals surface area contributed by atoms with Crippen LogP contribution in [0.25, 0.3) is 0 Å². The standard InChI is InChI=1S/C18H26N4O2/c23-18(20-15-6-11-24-12-7-15)14-4-9-22(10-5-14)16-3-8-19-17(21-16)13-1-2-13/h3,8,13-15H,1-2,4-7,9-12H2,(H,20,23). The molecule has 0 unspecified atom stereocenters. The molecule has 1 N–H and O–H groups in total. The monoisotopic (exact) mass is 330 g/mol. The highest BCUT2D eigenvalue weighted by atomic mass is 16.5. The molecule has 24 heavy (non-hydrogen) atoms. The number of anilines is 1. The number of ether oxygens (including phenoxy) is 1. The lowest BCUT2D eigenvalue weighted by atomic mass is 9.95. The Balaban J connectivity index is 1.29. The number of rotatable bonds is 4. The molecule has 1 aromatic heterocycles. The third kappa shape index (κ3) is 3.69. The molecular formula is C18H26N4O2. The molecule has 3 fully saturated rings. The first-order valence-electron chi connectivity index (χ1n) is 9.25. The van der Waals surface area contributed by atoms with Crippen molar-refractivity contribution in [1.82, 2.24) is 15.3 Å². The summed E-state index contributed by atoms with van der Waals surface area (Å²) in [6.07, 6.45) is 8.00. The first-order chi connectivity index (χ1) is 11.8. The Hall–Kier alpha value is -1.69. The van der Waals surface area contributed by atoms with E-state index >= 15 is 0 Å². The Kier molecular flexibility index (Phi) is 4.65. The fraction of sp³-hybridized carbons (Fsp3) is 0.722. The van der Waals surface area contributed by atoms with E-state index in [-0.39, 0.29) is 11.8 Å². The summed E-state index contributed by atoms with van der Waals surface area (Å²) in [7, 11) is 0. The maximum absolute atomic E-state index is 12.5. The molecule has 0 bridgehead atoms. The van der Waals surface area contributed by atoms with Gasteiger partial charge in [0.25, 0.3) is 0 Å². The Labute approximate surface area is 143 Å². The summed E-state index contributed by atoms with van der Waals surface area (Å²) in [5.41, 5.74) is 0. The Morgan fingerprint density at radius 3 is 2.58 bits per heavy atom. The van der Waals surface area contributed by atoms with Crippen molar-refractivity contribution in [3.05, 3.63) is 18.1 Å². The number of nitrogens with zero attached hydrogens (tertiary/aromatic N) is 3. The second-order valence-electron chi connectivity index (χ2n) is 7.20.